The molecule has 18 heavy (non-hydrogen) atoms. The van der Waals surface area contributed by atoms with Gasteiger partial charge in [-0.3, -0.25) is 0 Å². The van der Waals surface area contributed by atoms with E-state index in [1.807, 2.05) is 6.07 Å². The third-order valence-corrected chi connectivity index (χ3v) is 3.12. The molecule has 0 spiro atoms. The van der Waals surface area contributed by atoms with E-state index in [0.717, 1.165) is 6.42 Å². The fourth-order valence-corrected chi connectivity index (χ4v) is 2.24. The summed E-state index contributed by atoms with van der Waals surface area (Å²) >= 11 is 0. The Balaban J connectivity index is 0.00000120. The Morgan fingerprint density at radius 1 is 1.00 bits per heavy atom. The van der Waals surface area contributed by atoms with Crippen LogP contribution in [-0.2, 0) is 6.42 Å². The highest BCUT2D eigenvalue weighted by Crippen LogP contribution is 2.16. The van der Waals surface area contributed by atoms with Gasteiger partial charge in [-0.2, -0.15) is 4.57 Å². The van der Waals surface area contributed by atoms with E-state index in [4.69, 9.17) is 0 Å². The van der Waals surface area contributed by atoms with Gasteiger partial charge < -0.3 is 17.0 Å². The van der Waals surface area contributed by atoms with Crippen molar-refractivity contribution in [3.8, 4) is 5.69 Å². The first-order chi connectivity index (χ1) is 8.40. The molecule has 3 rings (SSSR count). The molecule has 0 radical (unpaired) electrons. The zero-order chi connectivity index (χ0) is 11.7. The summed E-state index contributed by atoms with van der Waals surface area (Å²) in [4.78, 5) is 0. The lowest BCUT2D eigenvalue weighted by molar-refractivity contribution is -0.510. The lowest BCUT2D eigenvalue weighted by atomic mass is 10.1. The smallest absolute Gasteiger partial charge is 0.291 e. The highest BCUT2D eigenvalue weighted by Gasteiger charge is 2.13. The van der Waals surface area contributed by atoms with Gasteiger partial charge >= 0.3 is 0 Å². The molecule has 0 atom stereocenters. The van der Waals surface area contributed by atoms with Crippen LogP contribution in [0.5, 0.6) is 0 Å². The van der Waals surface area contributed by atoms with Crippen LogP contribution < -0.4 is 21.4 Å². The van der Waals surface area contributed by atoms with Crippen LogP contribution in [0.4, 0.5) is 0 Å². The topological polar surface area (TPSA) is 9.03 Å². The van der Waals surface area contributed by atoms with E-state index in [9.17, 15) is 0 Å². The Labute approximate surface area is 117 Å². The molecule has 2 nitrogen and oxygen atoms in total. The predicted octanol–water partition coefficient (Wildman–Crippen LogP) is -0.218. The second-order valence-corrected chi connectivity index (χ2v) is 4.12. The number of hydrogen-bond acceptors (Lipinski definition) is 0. The van der Waals surface area contributed by atoms with Crippen LogP contribution in [-0.4, -0.2) is 4.57 Å². The number of aromatic nitrogens is 2. The first-order valence-corrected chi connectivity index (χ1v) is 5.96. The molecule has 2 heterocycles. The van der Waals surface area contributed by atoms with E-state index in [1.165, 1.54) is 16.9 Å². The van der Waals surface area contributed by atoms with Crippen molar-refractivity contribution in [2.45, 2.75) is 13.3 Å². The number of fused-ring (bicyclic) bond motifs is 1. The number of halogens is 1. The van der Waals surface area contributed by atoms with E-state index in [1.54, 1.807) is 0 Å². The molecule has 0 saturated carbocycles. The molecule has 3 heteroatoms. The second-order valence-electron chi connectivity index (χ2n) is 4.12. The van der Waals surface area contributed by atoms with Gasteiger partial charge in [0.2, 0.25) is 0 Å². The van der Waals surface area contributed by atoms with Gasteiger partial charge in [0, 0.05) is 6.07 Å². The summed E-state index contributed by atoms with van der Waals surface area (Å²) in [6.45, 7) is 2.19. The second kappa shape index (κ2) is 5.36. The minimum absolute atomic E-state index is 0. The maximum Gasteiger partial charge on any atom is 0.291 e. The van der Waals surface area contributed by atoms with E-state index >= 15 is 0 Å². The normalized spacial score (nSPS) is 10.3. The number of benzene rings is 1. The third kappa shape index (κ3) is 2.06. The summed E-state index contributed by atoms with van der Waals surface area (Å²) in [5.74, 6) is 0. The Morgan fingerprint density at radius 2 is 1.78 bits per heavy atom. The van der Waals surface area contributed by atoms with Gasteiger partial charge in [0.05, 0.1) is 6.20 Å². The summed E-state index contributed by atoms with van der Waals surface area (Å²) in [5.41, 5.74) is 3.83. The van der Waals surface area contributed by atoms with Gasteiger partial charge in [-0.05, 0) is 24.1 Å². The summed E-state index contributed by atoms with van der Waals surface area (Å²) in [6.07, 6.45) is 7.32. The molecule has 0 amide bonds. The van der Waals surface area contributed by atoms with Crippen LogP contribution in [0.25, 0.3) is 11.3 Å². The fourth-order valence-electron chi connectivity index (χ4n) is 2.24. The van der Waals surface area contributed by atoms with E-state index < -0.39 is 0 Å². The van der Waals surface area contributed by atoms with Crippen LogP contribution in [0.1, 0.15) is 12.5 Å². The quantitative estimate of drug-likeness (QED) is 0.579. The number of rotatable bonds is 2. The van der Waals surface area contributed by atoms with Crippen molar-refractivity contribution in [1.29, 1.82) is 0 Å². The lowest BCUT2D eigenvalue weighted by Gasteiger charge is -2.03. The molecule has 3 aromatic rings. The van der Waals surface area contributed by atoms with Crippen molar-refractivity contribution in [3.63, 3.8) is 0 Å². The third-order valence-electron chi connectivity index (χ3n) is 3.12. The minimum atomic E-state index is 0. The average molecular weight is 303 g/mol. The first kappa shape index (κ1) is 12.8. The summed E-state index contributed by atoms with van der Waals surface area (Å²) in [6, 6.07) is 14.8. The number of imidazole rings is 1. The maximum absolute atomic E-state index is 2.23. The number of para-hydroxylation sites is 1. The molecular formula is C15H15BrN2. The van der Waals surface area contributed by atoms with Crippen LogP contribution in [0.2, 0.25) is 0 Å². The number of hydrogen-bond donors (Lipinski definition) is 0. The average Bonchev–Trinajstić information content (AvgIpc) is 2.82. The van der Waals surface area contributed by atoms with Gasteiger partial charge in [-0.1, -0.05) is 31.2 Å². The molecule has 2 aromatic heterocycles. The van der Waals surface area contributed by atoms with Crippen molar-refractivity contribution < 1.29 is 21.4 Å². The summed E-state index contributed by atoms with van der Waals surface area (Å²) in [5, 5.41) is 0. The highest BCUT2D eigenvalue weighted by molar-refractivity contribution is 5.48. The van der Waals surface area contributed by atoms with Crippen LogP contribution in [0.15, 0.2) is 61.1 Å². The number of nitrogens with zero attached hydrogens (tertiary/aromatic N) is 2. The minimum Gasteiger partial charge on any atom is -1.00 e. The highest BCUT2D eigenvalue weighted by atomic mass is 79.9. The van der Waals surface area contributed by atoms with Crippen LogP contribution >= 0.6 is 0 Å². The van der Waals surface area contributed by atoms with Gasteiger partial charge in [0.15, 0.2) is 0 Å². The van der Waals surface area contributed by atoms with Crippen molar-refractivity contribution in [3.05, 3.63) is 66.6 Å². The molecule has 0 bridgehead atoms. The largest absolute Gasteiger partial charge is 1.00 e. The molecular weight excluding hydrogens is 288 g/mol. The van der Waals surface area contributed by atoms with E-state index in [-0.39, 0.29) is 17.0 Å². The van der Waals surface area contributed by atoms with Crippen molar-refractivity contribution in [2.75, 3.05) is 0 Å². The van der Waals surface area contributed by atoms with Crippen LogP contribution in [0.3, 0.4) is 0 Å². The molecule has 92 valence electrons. The SMILES string of the molecule is CCc1ccccc1-n1cc[n+]2ccccc12.[Br-]. The molecule has 0 saturated heterocycles. The zero-order valence-electron chi connectivity index (χ0n) is 10.3. The summed E-state index contributed by atoms with van der Waals surface area (Å²) < 4.78 is 4.37. The van der Waals surface area contributed by atoms with Crippen LogP contribution in [0, 0.1) is 0 Å². The van der Waals surface area contributed by atoms with E-state index in [0.29, 0.717) is 0 Å². The van der Waals surface area contributed by atoms with Crippen molar-refractivity contribution in [1.82, 2.24) is 4.57 Å². The molecule has 0 aliphatic rings. The first-order valence-electron chi connectivity index (χ1n) is 5.96. The van der Waals surface area contributed by atoms with Gasteiger partial charge in [-0.15, -0.1) is 0 Å². The number of aryl methyl sites for hydroxylation is 1. The van der Waals surface area contributed by atoms with Crippen molar-refractivity contribution in [2.24, 2.45) is 0 Å². The number of pyridine rings is 1. The maximum atomic E-state index is 2.23. The molecule has 0 N–H and O–H groups in total. The monoisotopic (exact) mass is 302 g/mol. The predicted molar refractivity (Wildman–Crippen MR) is 68.3 cm³/mol. The molecule has 0 fully saturated rings. The van der Waals surface area contributed by atoms with Gasteiger partial charge in [-0.25, -0.2) is 4.40 Å². The zero-order valence-corrected chi connectivity index (χ0v) is 11.8. The lowest BCUT2D eigenvalue weighted by Crippen LogP contribution is -3.00. The Morgan fingerprint density at radius 3 is 2.61 bits per heavy atom. The summed E-state index contributed by atoms with van der Waals surface area (Å²) in [7, 11) is 0. The Bertz CT molecular complexity index is 658. The van der Waals surface area contributed by atoms with Gasteiger partial charge in [0.1, 0.15) is 18.1 Å². The Kier molecular flexibility index (Phi) is 3.82. The van der Waals surface area contributed by atoms with E-state index in [2.05, 4.69) is 70.9 Å². The Hall–Kier alpha value is -1.61. The molecule has 0 aliphatic heterocycles. The van der Waals surface area contributed by atoms with Gasteiger partial charge in [0.25, 0.3) is 5.65 Å². The fraction of sp³-hybridized carbons (Fsp3) is 0.133. The molecule has 0 unspecified atom stereocenters. The van der Waals surface area contributed by atoms with Crippen molar-refractivity contribution >= 4 is 5.65 Å². The molecule has 1 aromatic carbocycles. The molecule has 0 aliphatic carbocycles. The standard InChI is InChI=1S/C15H15N2.BrH/c1-2-13-7-3-4-8-14(13)17-12-11-16-10-6-5-9-15(16)17;/h3-12H,2H2,1H3;1H/q+1;/p-1.